The molecule has 90 valence electrons. The molecule has 2 aromatic heterocycles. The highest BCUT2D eigenvalue weighted by molar-refractivity contribution is 7.17. The molecular weight excluding hydrogens is 258 g/mol. The van der Waals surface area contributed by atoms with Gasteiger partial charge in [-0.05, 0) is 35.9 Å². The quantitative estimate of drug-likeness (QED) is 0.807. The van der Waals surface area contributed by atoms with Crippen LogP contribution in [0.15, 0.2) is 11.4 Å². The molecule has 0 bridgehead atoms. The van der Waals surface area contributed by atoms with E-state index in [-0.39, 0.29) is 11.4 Å². The van der Waals surface area contributed by atoms with E-state index in [1.54, 1.807) is 11.3 Å². The predicted octanol–water partition coefficient (Wildman–Crippen LogP) is 2.31. The number of hydrogen-bond acceptors (Lipinski definition) is 5. The second kappa shape index (κ2) is 4.40. The van der Waals surface area contributed by atoms with Crippen molar-refractivity contribution in [3.8, 4) is 0 Å². The van der Waals surface area contributed by atoms with Crippen molar-refractivity contribution in [3.05, 3.63) is 16.7 Å². The van der Waals surface area contributed by atoms with Crippen LogP contribution >= 0.6 is 22.9 Å². The number of fused-ring (bicyclic) bond motifs is 1. The highest BCUT2D eigenvalue weighted by atomic mass is 35.5. The monoisotopic (exact) mass is 269 g/mol. The minimum absolute atomic E-state index is 0.178. The van der Waals surface area contributed by atoms with Gasteiger partial charge in [-0.25, -0.2) is 4.98 Å². The molecule has 0 amide bonds. The Morgan fingerprint density at radius 3 is 2.88 bits per heavy atom. The maximum Gasteiger partial charge on any atom is 0.224 e. The van der Waals surface area contributed by atoms with Gasteiger partial charge in [0, 0.05) is 13.1 Å². The first-order chi connectivity index (χ1) is 8.24. The van der Waals surface area contributed by atoms with E-state index < -0.39 is 0 Å². The molecule has 17 heavy (non-hydrogen) atoms. The van der Waals surface area contributed by atoms with E-state index in [0.29, 0.717) is 0 Å². The van der Waals surface area contributed by atoms with E-state index in [1.807, 2.05) is 11.4 Å². The van der Waals surface area contributed by atoms with Gasteiger partial charge in [0.1, 0.15) is 0 Å². The summed E-state index contributed by atoms with van der Waals surface area (Å²) in [7, 11) is 0. The first-order valence-electron chi connectivity index (χ1n) is 5.58. The summed E-state index contributed by atoms with van der Waals surface area (Å²) in [6, 6.07) is 1.95. The van der Waals surface area contributed by atoms with E-state index in [4.69, 9.17) is 11.6 Å². The van der Waals surface area contributed by atoms with Crippen molar-refractivity contribution < 1.29 is 5.11 Å². The summed E-state index contributed by atoms with van der Waals surface area (Å²) in [6.45, 7) is 1.64. The summed E-state index contributed by atoms with van der Waals surface area (Å²) < 4.78 is 1.07. The number of halogens is 1. The molecule has 3 rings (SSSR count). The molecule has 2 aromatic rings. The molecule has 0 spiro atoms. The summed E-state index contributed by atoms with van der Waals surface area (Å²) >= 11 is 7.56. The average molecular weight is 270 g/mol. The third-order valence-corrected chi connectivity index (χ3v) is 4.09. The van der Waals surface area contributed by atoms with Gasteiger partial charge in [0.25, 0.3) is 0 Å². The maximum absolute atomic E-state index is 9.52. The summed E-state index contributed by atoms with van der Waals surface area (Å²) in [5.74, 6) is 0.905. The Morgan fingerprint density at radius 2 is 2.12 bits per heavy atom. The summed E-state index contributed by atoms with van der Waals surface area (Å²) in [5.41, 5.74) is 0.899. The number of hydrogen-bond donors (Lipinski definition) is 1. The van der Waals surface area contributed by atoms with Crippen LogP contribution in [0.5, 0.6) is 0 Å². The lowest BCUT2D eigenvalue weighted by Crippen LogP contribution is -2.36. The molecular formula is C11H12ClN3OS. The van der Waals surface area contributed by atoms with E-state index in [1.165, 1.54) is 0 Å². The smallest absolute Gasteiger partial charge is 0.224 e. The summed E-state index contributed by atoms with van der Waals surface area (Å²) in [5, 5.41) is 11.8. The fraction of sp³-hybridized carbons (Fsp3) is 0.455. The minimum atomic E-state index is -0.178. The van der Waals surface area contributed by atoms with Crippen LogP contribution in [0.2, 0.25) is 5.28 Å². The largest absolute Gasteiger partial charge is 0.393 e. The third-order valence-electron chi connectivity index (χ3n) is 3.02. The fourth-order valence-electron chi connectivity index (χ4n) is 2.11. The lowest BCUT2D eigenvalue weighted by Gasteiger charge is -2.30. The second-order valence-electron chi connectivity index (χ2n) is 4.17. The van der Waals surface area contributed by atoms with Gasteiger partial charge in [-0.1, -0.05) is 0 Å². The van der Waals surface area contributed by atoms with Gasteiger partial charge in [0.15, 0.2) is 5.82 Å². The van der Waals surface area contributed by atoms with Crippen molar-refractivity contribution in [1.29, 1.82) is 0 Å². The minimum Gasteiger partial charge on any atom is -0.393 e. The van der Waals surface area contributed by atoms with Gasteiger partial charge in [-0.2, -0.15) is 4.98 Å². The van der Waals surface area contributed by atoms with Crippen LogP contribution in [0.3, 0.4) is 0 Å². The first-order valence-corrected chi connectivity index (χ1v) is 6.83. The lowest BCUT2D eigenvalue weighted by molar-refractivity contribution is 0.145. The maximum atomic E-state index is 9.52. The van der Waals surface area contributed by atoms with Crippen LogP contribution in [-0.2, 0) is 0 Å². The lowest BCUT2D eigenvalue weighted by atomic mass is 10.1. The SMILES string of the molecule is OC1CCN(c2nc(Cl)nc3ccsc23)CC1. The first kappa shape index (κ1) is 11.2. The summed E-state index contributed by atoms with van der Waals surface area (Å²) in [6.07, 6.45) is 1.39. The van der Waals surface area contributed by atoms with Gasteiger partial charge in [-0.3, -0.25) is 0 Å². The Labute approximate surface area is 108 Å². The van der Waals surface area contributed by atoms with Crippen LogP contribution in [0, 0.1) is 0 Å². The molecule has 0 saturated carbocycles. The van der Waals surface area contributed by atoms with Crippen molar-refractivity contribution in [2.45, 2.75) is 18.9 Å². The van der Waals surface area contributed by atoms with Gasteiger partial charge < -0.3 is 10.0 Å². The molecule has 0 unspecified atom stereocenters. The van der Waals surface area contributed by atoms with Crippen molar-refractivity contribution >= 4 is 39.0 Å². The summed E-state index contributed by atoms with van der Waals surface area (Å²) in [4.78, 5) is 10.7. The predicted molar refractivity (Wildman–Crippen MR) is 69.9 cm³/mol. The number of anilines is 1. The number of rotatable bonds is 1. The number of aliphatic hydroxyl groups excluding tert-OH is 1. The van der Waals surface area contributed by atoms with Crippen molar-refractivity contribution in [1.82, 2.24) is 9.97 Å². The Kier molecular flexibility index (Phi) is 2.90. The zero-order chi connectivity index (χ0) is 11.8. The van der Waals surface area contributed by atoms with Gasteiger partial charge in [0.2, 0.25) is 5.28 Å². The van der Waals surface area contributed by atoms with Crippen molar-refractivity contribution in [2.75, 3.05) is 18.0 Å². The molecule has 1 fully saturated rings. The highest BCUT2D eigenvalue weighted by Crippen LogP contribution is 2.31. The normalized spacial score (nSPS) is 17.9. The second-order valence-corrected chi connectivity index (χ2v) is 5.42. The number of aromatic nitrogens is 2. The number of thiophene rings is 1. The number of aliphatic hydroxyl groups is 1. The zero-order valence-corrected chi connectivity index (χ0v) is 10.7. The molecule has 1 aliphatic rings. The van der Waals surface area contributed by atoms with E-state index in [2.05, 4.69) is 14.9 Å². The third kappa shape index (κ3) is 2.10. The number of nitrogens with zero attached hydrogens (tertiary/aromatic N) is 3. The van der Waals surface area contributed by atoms with E-state index >= 15 is 0 Å². The standard InChI is InChI=1S/C11H12ClN3OS/c12-11-13-8-3-6-17-9(8)10(14-11)15-4-1-7(16)2-5-15/h3,6-7,16H,1-2,4-5H2. The Balaban J connectivity index is 2.01. The van der Waals surface area contributed by atoms with Crippen LogP contribution in [-0.4, -0.2) is 34.3 Å². The molecule has 1 N–H and O–H groups in total. The molecule has 3 heterocycles. The molecule has 1 saturated heterocycles. The van der Waals surface area contributed by atoms with E-state index in [9.17, 15) is 5.11 Å². The van der Waals surface area contributed by atoms with Crippen molar-refractivity contribution in [2.24, 2.45) is 0 Å². The van der Waals surface area contributed by atoms with Crippen LogP contribution in [0.4, 0.5) is 5.82 Å². The van der Waals surface area contributed by atoms with Crippen LogP contribution in [0.25, 0.3) is 10.2 Å². The van der Waals surface area contributed by atoms with Crippen LogP contribution in [0.1, 0.15) is 12.8 Å². The molecule has 1 aliphatic heterocycles. The Hall–Kier alpha value is -0.910. The van der Waals surface area contributed by atoms with Crippen LogP contribution < -0.4 is 4.90 Å². The zero-order valence-electron chi connectivity index (χ0n) is 9.14. The van der Waals surface area contributed by atoms with Gasteiger partial charge >= 0.3 is 0 Å². The topological polar surface area (TPSA) is 49.2 Å². The molecule has 0 aliphatic carbocycles. The van der Waals surface area contributed by atoms with Gasteiger partial charge in [-0.15, -0.1) is 11.3 Å². The highest BCUT2D eigenvalue weighted by Gasteiger charge is 2.21. The van der Waals surface area contributed by atoms with Gasteiger partial charge in [0.05, 0.1) is 16.3 Å². The Bertz CT molecular complexity index is 536. The van der Waals surface area contributed by atoms with Crippen molar-refractivity contribution in [3.63, 3.8) is 0 Å². The Morgan fingerprint density at radius 1 is 1.35 bits per heavy atom. The molecule has 0 radical (unpaired) electrons. The molecule has 4 nitrogen and oxygen atoms in total. The average Bonchev–Trinajstić information content (AvgIpc) is 2.77. The number of piperidine rings is 1. The van der Waals surface area contributed by atoms with E-state index in [0.717, 1.165) is 42.0 Å². The molecule has 6 heteroatoms. The molecule has 0 atom stereocenters. The fourth-order valence-corrected chi connectivity index (χ4v) is 3.13. The molecule has 0 aromatic carbocycles.